The first-order valence-electron chi connectivity index (χ1n) is 10.4. The quantitative estimate of drug-likeness (QED) is 0.335. The van der Waals surface area contributed by atoms with Gasteiger partial charge < -0.3 is 25.0 Å². The summed E-state index contributed by atoms with van der Waals surface area (Å²) in [5, 5.41) is 24.2. The average molecular weight is 491 g/mol. The molecule has 34 heavy (non-hydrogen) atoms. The summed E-state index contributed by atoms with van der Waals surface area (Å²) < 4.78 is 1.97. The molecule has 3 heterocycles. The fourth-order valence-electron chi connectivity index (χ4n) is 4.24. The Morgan fingerprint density at radius 2 is 1.85 bits per heavy atom. The highest BCUT2D eigenvalue weighted by atomic mass is 35.5. The molecule has 9 heteroatoms. The van der Waals surface area contributed by atoms with E-state index in [9.17, 15) is 15.0 Å². The molecule has 7 nitrogen and oxygen atoms in total. The Labute approximate surface area is 205 Å². The van der Waals surface area contributed by atoms with Crippen LogP contribution in [0.2, 0.25) is 5.02 Å². The number of nitrogens with zero attached hydrogens (tertiary/aromatic N) is 3. The number of phenols is 1. The molecule has 1 fully saturated rings. The maximum absolute atomic E-state index is 11.3. The average Bonchev–Trinajstić information content (AvgIpc) is 3.45. The zero-order valence-corrected chi connectivity index (χ0v) is 19.2. The molecule has 2 atom stereocenters. The number of hydrogen-bond acceptors (Lipinski definition) is 4. The second-order valence-electron chi connectivity index (χ2n) is 7.78. The lowest BCUT2D eigenvalue weighted by atomic mass is 10.0. The van der Waals surface area contributed by atoms with Crippen LogP contribution in [0.5, 0.6) is 5.75 Å². The molecule has 0 amide bonds. The highest BCUT2D eigenvalue weighted by Crippen LogP contribution is 2.45. The lowest BCUT2D eigenvalue weighted by Gasteiger charge is -2.29. The molecule has 0 spiro atoms. The minimum Gasteiger partial charge on any atom is -0.506 e. The van der Waals surface area contributed by atoms with Gasteiger partial charge in [0.15, 0.2) is 5.11 Å². The van der Waals surface area contributed by atoms with E-state index in [1.54, 1.807) is 42.6 Å². The summed E-state index contributed by atoms with van der Waals surface area (Å²) in [6.07, 6.45) is 3.62. The standard InChI is InChI=1S/C25H19ClN4O3S/c26-16-8-11-21(31)20(14-16)30-23(22(28-25(30)34)18-4-1-2-12-27-18)19-5-3-13-29(19)17-9-6-15(7-10-17)24(32)33/h1-14,22-23,31H,(H,28,34)(H,32,33)/t22-,23+/m0/s1. The highest BCUT2D eigenvalue weighted by Gasteiger charge is 2.43. The summed E-state index contributed by atoms with van der Waals surface area (Å²) in [4.78, 5) is 17.7. The largest absolute Gasteiger partial charge is 0.506 e. The van der Waals surface area contributed by atoms with Crippen molar-refractivity contribution in [2.24, 2.45) is 0 Å². The van der Waals surface area contributed by atoms with Crippen molar-refractivity contribution in [3.63, 3.8) is 0 Å². The maximum atomic E-state index is 11.3. The summed E-state index contributed by atoms with van der Waals surface area (Å²) in [5.41, 5.74) is 3.12. The molecule has 1 aliphatic rings. The maximum Gasteiger partial charge on any atom is 0.335 e. The van der Waals surface area contributed by atoms with Gasteiger partial charge in [-0.2, -0.15) is 0 Å². The molecule has 1 saturated heterocycles. The van der Waals surface area contributed by atoms with Crippen molar-refractivity contribution in [1.82, 2.24) is 14.9 Å². The molecule has 2 aromatic heterocycles. The molecule has 2 aromatic carbocycles. The van der Waals surface area contributed by atoms with Gasteiger partial charge in [0.2, 0.25) is 0 Å². The SMILES string of the molecule is O=C(O)c1ccc(-n2cccc2[C@@H]2[C@H](c3ccccn3)NC(=S)N2c2cc(Cl)ccc2O)cc1. The van der Waals surface area contributed by atoms with Gasteiger partial charge in [0.25, 0.3) is 0 Å². The van der Waals surface area contributed by atoms with Crippen LogP contribution in [0.15, 0.2) is 85.2 Å². The number of nitrogens with one attached hydrogen (secondary N) is 1. The Morgan fingerprint density at radius 3 is 2.56 bits per heavy atom. The Hall–Kier alpha value is -3.88. The van der Waals surface area contributed by atoms with Crippen molar-refractivity contribution >= 4 is 40.6 Å². The Kier molecular flexibility index (Phi) is 5.69. The second kappa shape index (κ2) is 8.81. The fourth-order valence-corrected chi connectivity index (χ4v) is 4.74. The molecule has 0 unspecified atom stereocenters. The Morgan fingerprint density at radius 1 is 1.06 bits per heavy atom. The van der Waals surface area contributed by atoms with Gasteiger partial charge in [0, 0.05) is 28.8 Å². The summed E-state index contributed by atoms with van der Waals surface area (Å²) in [6.45, 7) is 0. The van der Waals surface area contributed by atoms with Crippen LogP contribution in [0.25, 0.3) is 5.69 Å². The van der Waals surface area contributed by atoms with Crippen LogP contribution >= 0.6 is 23.8 Å². The van der Waals surface area contributed by atoms with E-state index in [0.717, 1.165) is 17.1 Å². The van der Waals surface area contributed by atoms with E-state index in [-0.39, 0.29) is 23.4 Å². The smallest absolute Gasteiger partial charge is 0.335 e. The van der Waals surface area contributed by atoms with Crippen molar-refractivity contribution in [1.29, 1.82) is 0 Å². The van der Waals surface area contributed by atoms with Gasteiger partial charge in [0.1, 0.15) is 11.8 Å². The molecule has 0 bridgehead atoms. The molecule has 0 saturated carbocycles. The first kappa shape index (κ1) is 21.9. The van der Waals surface area contributed by atoms with Crippen LogP contribution in [-0.2, 0) is 0 Å². The lowest BCUT2D eigenvalue weighted by molar-refractivity contribution is 0.0697. The molecule has 0 aliphatic carbocycles. The van der Waals surface area contributed by atoms with E-state index in [0.29, 0.717) is 15.8 Å². The normalized spacial score (nSPS) is 17.6. The number of phenolic OH excluding ortho intramolecular Hbond substituents is 1. The van der Waals surface area contributed by atoms with E-state index >= 15 is 0 Å². The first-order chi connectivity index (χ1) is 16.4. The number of rotatable bonds is 5. The van der Waals surface area contributed by atoms with Crippen molar-refractivity contribution < 1.29 is 15.0 Å². The van der Waals surface area contributed by atoms with E-state index in [4.69, 9.17) is 23.8 Å². The third kappa shape index (κ3) is 3.87. The van der Waals surface area contributed by atoms with Gasteiger partial charge in [-0.25, -0.2) is 4.79 Å². The number of aromatic carboxylic acids is 1. The predicted molar refractivity (Wildman–Crippen MR) is 134 cm³/mol. The molecular formula is C25H19ClN4O3S. The van der Waals surface area contributed by atoms with Crippen LogP contribution in [-0.4, -0.2) is 30.8 Å². The van der Waals surface area contributed by atoms with Crippen molar-refractivity contribution in [2.45, 2.75) is 12.1 Å². The summed E-state index contributed by atoms with van der Waals surface area (Å²) in [7, 11) is 0. The molecule has 1 aliphatic heterocycles. The number of carboxylic acids is 1. The van der Waals surface area contributed by atoms with Crippen molar-refractivity contribution in [2.75, 3.05) is 4.90 Å². The van der Waals surface area contributed by atoms with Gasteiger partial charge >= 0.3 is 5.97 Å². The van der Waals surface area contributed by atoms with Crippen LogP contribution in [0, 0.1) is 0 Å². The highest BCUT2D eigenvalue weighted by molar-refractivity contribution is 7.80. The number of hydrogen-bond donors (Lipinski definition) is 3. The van der Waals surface area contributed by atoms with Crippen molar-refractivity contribution in [3.8, 4) is 11.4 Å². The lowest BCUT2D eigenvalue weighted by Crippen LogP contribution is -2.30. The zero-order chi connectivity index (χ0) is 23.8. The van der Waals surface area contributed by atoms with Gasteiger partial charge in [-0.05, 0) is 78.9 Å². The van der Waals surface area contributed by atoms with E-state index in [2.05, 4.69) is 10.3 Å². The fraction of sp³-hybridized carbons (Fsp3) is 0.0800. The molecule has 3 N–H and O–H groups in total. The number of pyridine rings is 1. The molecule has 5 rings (SSSR count). The van der Waals surface area contributed by atoms with E-state index in [1.807, 2.05) is 46.0 Å². The Balaban J connectivity index is 1.67. The topological polar surface area (TPSA) is 90.6 Å². The van der Waals surface area contributed by atoms with Gasteiger partial charge in [-0.1, -0.05) is 17.7 Å². The number of aromatic nitrogens is 2. The second-order valence-corrected chi connectivity index (χ2v) is 8.61. The third-order valence-corrected chi connectivity index (χ3v) is 6.32. The summed E-state index contributed by atoms with van der Waals surface area (Å²) >= 11 is 12.0. The predicted octanol–water partition coefficient (Wildman–Crippen LogP) is 5.11. The molecule has 0 radical (unpaired) electrons. The number of carboxylic acid groups (broad SMARTS) is 1. The van der Waals surface area contributed by atoms with E-state index < -0.39 is 5.97 Å². The minimum absolute atomic E-state index is 0.0455. The number of thiocarbonyl (C=S) groups is 1. The van der Waals surface area contributed by atoms with Crippen LogP contribution in [0.1, 0.15) is 33.8 Å². The monoisotopic (exact) mass is 490 g/mol. The van der Waals surface area contributed by atoms with Crippen LogP contribution in [0.4, 0.5) is 5.69 Å². The molecular weight excluding hydrogens is 472 g/mol. The van der Waals surface area contributed by atoms with Crippen LogP contribution < -0.4 is 10.2 Å². The van der Waals surface area contributed by atoms with Gasteiger partial charge in [0.05, 0.1) is 23.0 Å². The van der Waals surface area contributed by atoms with Crippen LogP contribution in [0.3, 0.4) is 0 Å². The number of benzene rings is 2. The summed E-state index contributed by atoms with van der Waals surface area (Å²) in [5.74, 6) is -0.938. The van der Waals surface area contributed by atoms with Gasteiger partial charge in [-0.3, -0.25) is 4.98 Å². The van der Waals surface area contributed by atoms with Gasteiger partial charge in [-0.15, -0.1) is 0 Å². The van der Waals surface area contributed by atoms with E-state index in [1.165, 1.54) is 6.07 Å². The minimum atomic E-state index is -0.984. The van der Waals surface area contributed by atoms with Crippen molar-refractivity contribution in [3.05, 3.63) is 107 Å². The molecule has 170 valence electrons. The Bertz CT molecular complexity index is 1370. The number of carbonyl (C=O) groups is 1. The number of anilines is 1. The number of aromatic hydroxyl groups is 1. The third-order valence-electron chi connectivity index (χ3n) is 5.77. The molecule has 4 aromatic rings. The number of halogens is 1. The zero-order valence-electron chi connectivity index (χ0n) is 17.7. The first-order valence-corrected chi connectivity index (χ1v) is 11.2. The summed E-state index contributed by atoms with van der Waals surface area (Å²) in [6, 6.07) is 20.3.